The summed E-state index contributed by atoms with van der Waals surface area (Å²) in [6.07, 6.45) is 1.74. The van der Waals surface area contributed by atoms with Gasteiger partial charge in [-0.3, -0.25) is 9.78 Å². The molecule has 1 aromatic heterocycles. The first-order valence-corrected chi connectivity index (χ1v) is 8.48. The highest BCUT2D eigenvalue weighted by molar-refractivity contribution is 6.16. The number of rotatable bonds is 3. The van der Waals surface area contributed by atoms with Gasteiger partial charge in [0.25, 0.3) is 0 Å². The molecule has 0 atom stereocenters. The van der Waals surface area contributed by atoms with Crippen LogP contribution in [0.4, 0.5) is 0 Å². The number of hydrogen-bond acceptors (Lipinski definition) is 4. The molecule has 0 spiro atoms. The molecule has 128 valence electrons. The first kappa shape index (κ1) is 16.2. The number of carbonyl (C=O) groups excluding carboxylic acids is 1. The highest BCUT2D eigenvalue weighted by atomic mass is 16.5. The lowest BCUT2D eigenvalue weighted by molar-refractivity contribution is 0.103. The van der Waals surface area contributed by atoms with Crippen LogP contribution < -0.4 is 4.74 Å². The molecule has 26 heavy (non-hydrogen) atoms. The summed E-state index contributed by atoms with van der Waals surface area (Å²) < 4.78 is 5.98. The number of ketones is 1. The molecule has 0 N–H and O–H groups in total. The Hall–Kier alpha value is -3.27. The Bertz CT molecular complexity index is 993. The molecular weight excluding hydrogens is 324 g/mol. The maximum atomic E-state index is 12.8. The van der Waals surface area contributed by atoms with E-state index in [0.717, 1.165) is 17.0 Å². The van der Waals surface area contributed by atoms with Crippen molar-refractivity contribution in [1.29, 1.82) is 0 Å². The number of hydrogen-bond donors (Lipinski definition) is 0. The number of aromatic nitrogens is 1. The van der Waals surface area contributed by atoms with Crippen LogP contribution in [0.3, 0.4) is 0 Å². The van der Waals surface area contributed by atoms with Gasteiger partial charge < -0.3 is 4.74 Å². The second-order valence-electron chi connectivity index (χ2n) is 6.63. The molecule has 2 aromatic carbocycles. The van der Waals surface area contributed by atoms with E-state index >= 15 is 0 Å². The molecule has 2 heterocycles. The van der Waals surface area contributed by atoms with Gasteiger partial charge in [0.05, 0.1) is 11.4 Å². The van der Waals surface area contributed by atoms with E-state index in [1.165, 1.54) is 0 Å². The third kappa shape index (κ3) is 3.02. The summed E-state index contributed by atoms with van der Waals surface area (Å²) in [6, 6.07) is 20.4. The summed E-state index contributed by atoms with van der Waals surface area (Å²) in [5.41, 5.74) is 2.84. The third-order valence-electron chi connectivity index (χ3n) is 4.18. The van der Waals surface area contributed by atoms with E-state index in [1.807, 2.05) is 74.5 Å². The van der Waals surface area contributed by atoms with Gasteiger partial charge in [-0.15, -0.1) is 0 Å². The molecule has 4 rings (SSSR count). The number of aliphatic imine (C=N–C) groups is 1. The quantitative estimate of drug-likeness (QED) is 0.668. The Balaban J connectivity index is 1.83. The summed E-state index contributed by atoms with van der Waals surface area (Å²) in [5.74, 6) is 0.675. The van der Waals surface area contributed by atoms with Crippen LogP contribution in [-0.2, 0) is 0 Å². The van der Waals surface area contributed by atoms with E-state index in [-0.39, 0.29) is 5.78 Å². The van der Waals surface area contributed by atoms with Crippen LogP contribution >= 0.6 is 0 Å². The van der Waals surface area contributed by atoms with Crippen molar-refractivity contribution in [2.45, 2.75) is 19.6 Å². The van der Waals surface area contributed by atoms with Crippen molar-refractivity contribution in [1.82, 2.24) is 4.98 Å². The van der Waals surface area contributed by atoms with Gasteiger partial charge in [0.1, 0.15) is 5.75 Å². The maximum Gasteiger partial charge on any atom is 0.195 e. The monoisotopic (exact) mass is 342 g/mol. The third-order valence-corrected chi connectivity index (χ3v) is 4.18. The molecule has 4 nitrogen and oxygen atoms in total. The van der Waals surface area contributed by atoms with Crippen LogP contribution in [0.25, 0.3) is 0 Å². The summed E-state index contributed by atoms with van der Waals surface area (Å²) >= 11 is 0. The van der Waals surface area contributed by atoms with E-state index in [2.05, 4.69) is 4.98 Å². The van der Waals surface area contributed by atoms with Crippen molar-refractivity contribution < 1.29 is 9.53 Å². The first-order valence-electron chi connectivity index (χ1n) is 8.48. The van der Waals surface area contributed by atoms with E-state index < -0.39 is 5.72 Å². The van der Waals surface area contributed by atoms with Gasteiger partial charge in [0, 0.05) is 22.9 Å². The lowest BCUT2D eigenvalue weighted by atomic mass is 9.96. The normalized spacial score (nSPS) is 14.8. The fourth-order valence-corrected chi connectivity index (χ4v) is 3.02. The standard InChI is InChI=1S/C22H18N2O2/c1-22(2)24-20(18-10-6-7-13-23-18)17-14-16(11-12-19(17)26-22)21(25)15-8-4-3-5-9-15/h3-14H,1-2H3. The smallest absolute Gasteiger partial charge is 0.195 e. The molecule has 0 unspecified atom stereocenters. The number of nitrogens with zero attached hydrogens (tertiary/aromatic N) is 2. The Morgan fingerprint density at radius 3 is 2.42 bits per heavy atom. The Morgan fingerprint density at radius 1 is 0.923 bits per heavy atom. The van der Waals surface area contributed by atoms with Crippen LogP contribution in [0.2, 0.25) is 0 Å². The number of benzene rings is 2. The van der Waals surface area contributed by atoms with Crippen LogP contribution in [0.1, 0.15) is 41.0 Å². The van der Waals surface area contributed by atoms with Crippen molar-refractivity contribution in [3.05, 3.63) is 95.3 Å². The minimum absolute atomic E-state index is 0.0291. The molecule has 0 fully saturated rings. The Labute approximate surface area is 152 Å². The second kappa shape index (κ2) is 6.23. The minimum atomic E-state index is -0.690. The van der Waals surface area contributed by atoms with E-state index in [9.17, 15) is 4.79 Å². The lowest BCUT2D eigenvalue weighted by Crippen LogP contribution is -2.32. The predicted molar refractivity (Wildman–Crippen MR) is 101 cm³/mol. The largest absolute Gasteiger partial charge is 0.466 e. The van der Waals surface area contributed by atoms with Gasteiger partial charge in [-0.2, -0.15) is 0 Å². The van der Waals surface area contributed by atoms with E-state index in [1.54, 1.807) is 12.3 Å². The fraction of sp³-hybridized carbons (Fsp3) is 0.136. The molecule has 1 aliphatic heterocycles. The number of fused-ring (bicyclic) bond motifs is 1. The van der Waals surface area contributed by atoms with Crippen LogP contribution in [-0.4, -0.2) is 22.2 Å². The molecular formula is C22H18N2O2. The minimum Gasteiger partial charge on any atom is -0.466 e. The van der Waals surface area contributed by atoms with E-state index in [4.69, 9.17) is 9.73 Å². The Kier molecular flexibility index (Phi) is 3.88. The SMILES string of the molecule is CC1(C)N=C(c2ccccn2)c2cc(C(=O)c3ccccc3)ccc2O1. The van der Waals surface area contributed by atoms with Crippen LogP contribution in [0, 0.1) is 0 Å². The van der Waals surface area contributed by atoms with Crippen molar-refractivity contribution >= 4 is 11.5 Å². The Morgan fingerprint density at radius 2 is 1.69 bits per heavy atom. The van der Waals surface area contributed by atoms with Gasteiger partial charge in [0.2, 0.25) is 0 Å². The second-order valence-corrected chi connectivity index (χ2v) is 6.63. The van der Waals surface area contributed by atoms with Crippen molar-refractivity contribution in [3.8, 4) is 5.75 Å². The maximum absolute atomic E-state index is 12.8. The zero-order valence-corrected chi connectivity index (χ0v) is 14.6. The zero-order chi connectivity index (χ0) is 18.1. The van der Waals surface area contributed by atoms with Gasteiger partial charge in [-0.25, -0.2) is 4.99 Å². The number of pyridine rings is 1. The van der Waals surface area contributed by atoms with Gasteiger partial charge in [0.15, 0.2) is 11.5 Å². The molecule has 0 bridgehead atoms. The molecule has 4 heteroatoms. The lowest BCUT2D eigenvalue weighted by Gasteiger charge is -2.30. The first-order chi connectivity index (χ1) is 12.5. The van der Waals surface area contributed by atoms with Crippen molar-refractivity contribution in [3.63, 3.8) is 0 Å². The molecule has 0 aliphatic carbocycles. The van der Waals surface area contributed by atoms with Crippen molar-refractivity contribution in [2.24, 2.45) is 4.99 Å². The number of ether oxygens (including phenoxy) is 1. The topological polar surface area (TPSA) is 51.5 Å². The molecule has 1 aliphatic rings. The summed E-state index contributed by atoms with van der Waals surface area (Å²) in [4.78, 5) is 22.0. The van der Waals surface area contributed by atoms with Crippen LogP contribution in [0.15, 0.2) is 77.9 Å². The van der Waals surface area contributed by atoms with Gasteiger partial charge in [-0.1, -0.05) is 36.4 Å². The average molecular weight is 342 g/mol. The number of carbonyl (C=O) groups is 1. The summed E-state index contributed by atoms with van der Waals surface area (Å²) in [5, 5.41) is 0. The highest BCUT2D eigenvalue weighted by Crippen LogP contribution is 2.33. The fourth-order valence-electron chi connectivity index (χ4n) is 3.02. The molecule has 0 saturated carbocycles. The summed E-state index contributed by atoms with van der Waals surface area (Å²) in [6.45, 7) is 3.81. The zero-order valence-electron chi connectivity index (χ0n) is 14.6. The molecule has 0 saturated heterocycles. The highest BCUT2D eigenvalue weighted by Gasteiger charge is 2.30. The van der Waals surface area contributed by atoms with Crippen LogP contribution in [0.5, 0.6) is 5.75 Å². The molecule has 3 aromatic rings. The van der Waals surface area contributed by atoms with E-state index in [0.29, 0.717) is 16.9 Å². The molecule has 0 amide bonds. The van der Waals surface area contributed by atoms with Gasteiger partial charge in [-0.05, 0) is 44.2 Å². The average Bonchev–Trinajstić information content (AvgIpc) is 2.67. The van der Waals surface area contributed by atoms with Crippen molar-refractivity contribution in [2.75, 3.05) is 0 Å². The molecule has 0 radical (unpaired) electrons. The summed E-state index contributed by atoms with van der Waals surface area (Å²) in [7, 11) is 0. The van der Waals surface area contributed by atoms with Gasteiger partial charge >= 0.3 is 0 Å². The predicted octanol–water partition coefficient (Wildman–Crippen LogP) is 4.28.